The van der Waals surface area contributed by atoms with Gasteiger partial charge >= 0.3 is 0 Å². The molecule has 0 heterocycles. The van der Waals surface area contributed by atoms with Crippen LogP contribution in [0.1, 0.15) is 30.6 Å². The van der Waals surface area contributed by atoms with Crippen LogP contribution in [0.5, 0.6) is 0 Å². The van der Waals surface area contributed by atoms with E-state index in [0.29, 0.717) is 12.1 Å². The second-order valence-corrected chi connectivity index (χ2v) is 5.34. The van der Waals surface area contributed by atoms with Crippen molar-refractivity contribution in [2.75, 3.05) is 7.05 Å². The molecule has 112 valence electrons. The van der Waals surface area contributed by atoms with Crippen molar-refractivity contribution in [2.24, 2.45) is 0 Å². The lowest BCUT2D eigenvalue weighted by Gasteiger charge is -2.31. The van der Waals surface area contributed by atoms with E-state index >= 15 is 0 Å². The molecule has 0 aromatic heterocycles. The number of rotatable bonds is 6. The normalized spacial score (nSPS) is 14.1. The summed E-state index contributed by atoms with van der Waals surface area (Å²) in [5.41, 5.74) is 1.54. The van der Waals surface area contributed by atoms with Crippen LogP contribution in [-0.2, 0) is 6.54 Å². The largest absolute Gasteiger partial charge is 0.387 e. The molecule has 0 saturated carbocycles. The molecule has 2 aromatic rings. The highest BCUT2D eigenvalue weighted by Gasteiger charge is 2.23. The number of hydrogen-bond acceptors (Lipinski definition) is 2. The number of aliphatic hydroxyl groups excluding tert-OH is 1. The van der Waals surface area contributed by atoms with Gasteiger partial charge in [-0.1, -0.05) is 55.5 Å². The minimum atomic E-state index is -0.576. The Hall–Kier alpha value is -1.71. The van der Waals surface area contributed by atoms with Gasteiger partial charge in [0.25, 0.3) is 0 Å². The Bertz CT molecular complexity index is 558. The van der Waals surface area contributed by atoms with Gasteiger partial charge in [0.1, 0.15) is 5.82 Å². The summed E-state index contributed by atoms with van der Waals surface area (Å²) in [5, 5.41) is 10.6. The molecule has 2 rings (SSSR count). The van der Waals surface area contributed by atoms with Gasteiger partial charge in [0, 0.05) is 18.2 Å². The first-order chi connectivity index (χ1) is 10.1. The minimum absolute atomic E-state index is 0.0491. The quantitative estimate of drug-likeness (QED) is 0.874. The molecule has 2 unspecified atom stereocenters. The van der Waals surface area contributed by atoms with Crippen molar-refractivity contribution in [1.82, 2.24) is 4.90 Å². The van der Waals surface area contributed by atoms with Crippen molar-refractivity contribution in [1.29, 1.82) is 0 Å². The van der Waals surface area contributed by atoms with E-state index in [-0.39, 0.29) is 11.9 Å². The molecule has 21 heavy (non-hydrogen) atoms. The van der Waals surface area contributed by atoms with Gasteiger partial charge in [-0.05, 0) is 25.1 Å². The Labute approximate surface area is 125 Å². The van der Waals surface area contributed by atoms with Gasteiger partial charge in [0.05, 0.1) is 6.10 Å². The van der Waals surface area contributed by atoms with Crippen LogP contribution < -0.4 is 0 Å². The zero-order valence-corrected chi connectivity index (χ0v) is 12.5. The van der Waals surface area contributed by atoms with Crippen molar-refractivity contribution in [3.8, 4) is 0 Å². The number of aliphatic hydroxyl groups is 1. The van der Waals surface area contributed by atoms with Gasteiger partial charge in [-0.3, -0.25) is 4.90 Å². The summed E-state index contributed by atoms with van der Waals surface area (Å²) in [5.74, 6) is -0.201. The Kier molecular flexibility index (Phi) is 5.48. The summed E-state index contributed by atoms with van der Waals surface area (Å²) in [6.45, 7) is 2.52. The van der Waals surface area contributed by atoms with Gasteiger partial charge in [-0.25, -0.2) is 4.39 Å². The summed E-state index contributed by atoms with van der Waals surface area (Å²) < 4.78 is 13.8. The number of hydrogen-bond donors (Lipinski definition) is 1. The van der Waals surface area contributed by atoms with Crippen molar-refractivity contribution < 1.29 is 9.50 Å². The van der Waals surface area contributed by atoms with Gasteiger partial charge < -0.3 is 5.11 Å². The summed E-state index contributed by atoms with van der Waals surface area (Å²) in [6.07, 6.45) is 0.217. The molecule has 1 N–H and O–H groups in total. The van der Waals surface area contributed by atoms with Crippen molar-refractivity contribution in [2.45, 2.75) is 32.0 Å². The number of halogens is 1. The van der Waals surface area contributed by atoms with E-state index in [9.17, 15) is 9.50 Å². The highest BCUT2D eigenvalue weighted by Crippen LogP contribution is 2.24. The van der Waals surface area contributed by atoms with Gasteiger partial charge in [-0.15, -0.1) is 0 Å². The van der Waals surface area contributed by atoms with E-state index in [4.69, 9.17) is 0 Å². The minimum Gasteiger partial charge on any atom is -0.387 e. The average molecular weight is 287 g/mol. The second kappa shape index (κ2) is 7.34. The summed E-state index contributed by atoms with van der Waals surface area (Å²) in [7, 11) is 1.92. The molecule has 0 aliphatic carbocycles. The highest BCUT2D eigenvalue weighted by atomic mass is 19.1. The average Bonchev–Trinajstić information content (AvgIpc) is 2.51. The van der Waals surface area contributed by atoms with Crippen LogP contribution in [0.4, 0.5) is 4.39 Å². The lowest BCUT2D eigenvalue weighted by Crippen LogP contribution is -2.36. The van der Waals surface area contributed by atoms with Crippen molar-refractivity contribution in [3.63, 3.8) is 0 Å². The first kappa shape index (κ1) is 15.7. The predicted octanol–water partition coefficient (Wildman–Crippen LogP) is 3.77. The topological polar surface area (TPSA) is 23.5 Å². The third kappa shape index (κ3) is 3.90. The van der Waals surface area contributed by atoms with E-state index < -0.39 is 6.10 Å². The number of nitrogens with zero attached hydrogens (tertiary/aromatic N) is 1. The first-order valence-electron chi connectivity index (χ1n) is 7.30. The van der Waals surface area contributed by atoms with Crippen LogP contribution in [0.3, 0.4) is 0 Å². The fourth-order valence-electron chi connectivity index (χ4n) is 2.66. The summed E-state index contributed by atoms with van der Waals surface area (Å²) in [4.78, 5) is 2.01. The molecule has 3 heteroatoms. The lowest BCUT2D eigenvalue weighted by atomic mass is 9.98. The SMILES string of the molecule is CCC(C(O)c1ccccc1)N(C)Cc1ccccc1F. The zero-order valence-electron chi connectivity index (χ0n) is 12.5. The number of likely N-dealkylation sites (N-methyl/N-ethyl adjacent to an activating group) is 1. The standard InChI is InChI=1S/C18H22FNO/c1-3-17(18(21)14-9-5-4-6-10-14)20(2)13-15-11-7-8-12-16(15)19/h4-12,17-18,21H,3,13H2,1-2H3. The highest BCUT2D eigenvalue weighted by molar-refractivity contribution is 5.20. The number of benzene rings is 2. The van der Waals surface area contributed by atoms with Crippen molar-refractivity contribution >= 4 is 0 Å². The summed E-state index contributed by atoms with van der Waals surface area (Å²) in [6, 6.07) is 16.3. The lowest BCUT2D eigenvalue weighted by molar-refractivity contribution is 0.0558. The Morgan fingerprint density at radius 3 is 2.29 bits per heavy atom. The van der Waals surface area contributed by atoms with Gasteiger partial charge in [0.15, 0.2) is 0 Å². The maximum Gasteiger partial charge on any atom is 0.127 e. The molecule has 2 nitrogen and oxygen atoms in total. The molecular weight excluding hydrogens is 265 g/mol. The van der Waals surface area contributed by atoms with Crippen LogP contribution in [0.25, 0.3) is 0 Å². The Morgan fingerprint density at radius 2 is 1.67 bits per heavy atom. The van der Waals surface area contributed by atoms with Gasteiger partial charge in [0.2, 0.25) is 0 Å². The summed E-state index contributed by atoms with van der Waals surface area (Å²) >= 11 is 0. The zero-order chi connectivity index (χ0) is 15.2. The smallest absolute Gasteiger partial charge is 0.127 e. The first-order valence-corrected chi connectivity index (χ1v) is 7.30. The molecule has 0 saturated heterocycles. The molecule has 0 aliphatic heterocycles. The fraction of sp³-hybridized carbons (Fsp3) is 0.333. The molecule has 0 aliphatic rings. The predicted molar refractivity (Wildman–Crippen MR) is 83.3 cm³/mol. The van der Waals surface area contributed by atoms with E-state index in [2.05, 4.69) is 0 Å². The second-order valence-electron chi connectivity index (χ2n) is 5.34. The maximum atomic E-state index is 13.8. The Balaban J connectivity index is 2.12. The third-order valence-corrected chi connectivity index (χ3v) is 3.87. The molecule has 2 aromatic carbocycles. The third-order valence-electron chi connectivity index (χ3n) is 3.87. The van der Waals surface area contributed by atoms with Crippen LogP contribution in [-0.4, -0.2) is 23.1 Å². The van der Waals surface area contributed by atoms with Crippen LogP contribution in [0.2, 0.25) is 0 Å². The maximum absolute atomic E-state index is 13.8. The molecule has 0 amide bonds. The monoisotopic (exact) mass is 287 g/mol. The van der Waals surface area contributed by atoms with Crippen LogP contribution >= 0.6 is 0 Å². The van der Waals surface area contributed by atoms with E-state index in [1.165, 1.54) is 6.07 Å². The molecule has 0 fully saturated rings. The van der Waals surface area contributed by atoms with Crippen LogP contribution in [0.15, 0.2) is 54.6 Å². The van der Waals surface area contributed by atoms with Gasteiger partial charge in [-0.2, -0.15) is 0 Å². The van der Waals surface area contributed by atoms with E-state index in [1.807, 2.05) is 55.3 Å². The fourth-order valence-corrected chi connectivity index (χ4v) is 2.66. The molecule has 0 spiro atoms. The van der Waals surface area contributed by atoms with Crippen molar-refractivity contribution in [3.05, 3.63) is 71.5 Å². The van der Waals surface area contributed by atoms with E-state index in [0.717, 1.165) is 12.0 Å². The molecular formula is C18H22FNO. The molecule has 2 atom stereocenters. The molecule has 0 radical (unpaired) electrons. The van der Waals surface area contributed by atoms with Crippen LogP contribution in [0, 0.1) is 5.82 Å². The Morgan fingerprint density at radius 1 is 1.05 bits per heavy atom. The molecule has 0 bridgehead atoms. The van der Waals surface area contributed by atoms with E-state index in [1.54, 1.807) is 12.1 Å².